The minimum absolute atomic E-state index is 0.257. The molecule has 0 atom stereocenters. The molecule has 0 fully saturated rings. The zero-order chi connectivity index (χ0) is 20.2. The Morgan fingerprint density at radius 2 is 1.97 bits per heavy atom. The van der Waals surface area contributed by atoms with Crippen LogP contribution in [0, 0.1) is 0 Å². The largest absolute Gasteiger partial charge is 0.462 e. The summed E-state index contributed by atoms with van der Waals surface area (Å²) in [5.74, 6) is -0.0137. The van der Waals surface area contributed by atoms with Gasteiger partial charge in [0, 0.05) is 22.9 Å². The molecular formula is C22H22N2O4S. The van der Waals surface area contributed by atoms with Gasteiger partial charge in [-0.3, -0.25) is 4.79 Å². The molecule has 0 aliphatic heterocycles. The lowest BCUT2D eigenvalue weighted by molar-refractivity contribution is 0.0529. The van der Waals surface area contributed by atoms with Crippen molar-refractivity contribution >= 4 is 28.2 Å². The summed E-state index contributed by atoms with van der Waals surface area (Å²) in [5, 5.41) is 9.20. The van der Waals surface area contributed by atoms with Crippen molar-refractivity contribution in [1.29, 1.82) is 0 Å². The molecule has 3 aromatic rings. The summed E-state index contributed by atoms with van der Waals surface area (Å²) in [6.45, 7) is 2.02. The molecule has 29 heavy (non-hydrogen) atoms. The summed E-state index contributed by atoms with van der Waals surface area (Å²) in [4.78, 5) is 25.6. The molecule has 0 spiro atoms. The molecular weight excluding hydrogens is 388 g/mol. The van der Waals surface area contributed by atoms with E-state index in [0.717, 1.165) is 54.6 Å². The molecule has 1 N–H and O–H groups in total. The van der Waals surface area contributed by atoms with Crippen LogP contribution in [-0.2, 0) is 17.6 Å². The van der Waals surface area contributed by atoms with Crippen LogP contribution in [0.2, 0.25) is 0 Å². The summed E-state index contributed by atoms with van der Waals surface area (Å²) >= 11 is 1.30. The Labute approximate surface area is 172 Å². The molecule has 2 heterocycles. The summed E-state index contributed by atoms with van der Waals surface area (Å²) < 4.78 is 10.7. The molecule has 6 nitrogen and oxygen atoms in total. The number of benzene rings is 1. The van der Waals surface area contributed by atoms with Crippen molar-refractivity contribution in [2.75, 3.05) is 11.9 Å². The smallest absolute Gasteiger partial charge is 0.341 e. The third kappa shape index (κ3) is 3.96. The Hall–Kier alpha value is -2.93. The number of hydrogen-bond acceptors (Lipinski definition) is 6. The Morgan fingerprint density at radius 3 is 2.76 bits per heavy atom. The maximum atomic E-state index is 13.0. The molecule has 1 amide bonds. The van der Waals surface area contributed by atoms with Crippen LogP contribution < -0.4 is 5.32 Å². The van der Waals surface area contributed by atoms with Gasteiger partial charge in [-0.1, -0.05) is 41.9 Å². The average molecular weight is 410 g/mol. The van der Waals surface area contributed by atoms with Crippen LogP contribution in [0.25, 0.3) is 11.1 Å². The van der Waals surface area contributed by atoms with Crippen LogP contribution in [0.4, 0.5) is 5.00 Å². The number of hydrogen-bond donors (Lipinski definition) is 1. The minimum atomic E-state index is -0.457. The number of esters is 1. The second-order valence-corrected chi connectivity index (χ2v) is 7.77. The molecule has 2 aromatic heterocycles. The van der Waals surface area contributed by atoms with Gasteiger partial charge in [-0.25, -0.2) is 4.79 Å². The number of anilines is 1. The molecule has 0 radical (unpaired) electrons. The fourth-order valence-corrected chi connectivity index (χ4v) is 4.54. The second kappa shape index (κ2) is 8.61. The molecule has 150 valence electrons. The first-order valence-electron chi connectivity index (χ1n) is 9.81. The van der Waals surface area contributed by atoms with Crippen molar-refractivity contribution in [1.82, 2.24) is 5.16 Å². The highest BCUT2D eigenvalue weighted by atomic mass is 32.1. The van der Waals surface area contributed by atoms with Gasteiger partial charge in [0.2, 0.25) is 0 Å². The third-order valence-electron chi connectivity index (χ3n) is 5.00. The van der Waals surface area contributed by atoms with Crippen LogP contribution in [0.5, 0.6) is 0 Å². The van der Waals surface area contributed by atoms with E-state index in [2.05, 4.69) is 10.5 Å². The predicted molar refractivity (Wildman–Crippen MR) is 111 cm³/mol. The fourth-order valence-electron chi connectivity index (χ4n) is 3.59. The third-order valence-corrected chi connectivity index (χ3v) is 5.89. The number of thiophene rings is 1. The zero-order valence-electron chi connectivity index (χ0n) is 16.2. The summed E-state index contributed by atoms with van der Waals surface area (Å²) in [7, 11) is 0. The SMILES string of the molecule is CCOC(=O)c1c(-c2ccccc2)csc1NC(=O)c1noc2c1CCCCC2. The summed E-state index contributed by atoms with van der Waals surface area (Å²) in [6, 6.07) is 9.58. The zero-order valence-corrected chi connectivity index (χ0v) is 17.0. The molecule has 0 saturated heterocycles. The average Bonchev–Trinajstić information content (AvgIpc) is 3.26. The maximum absolute atomic E-state index is 13.0. The standard InChI is InChI=1S/C22H22N2O4S/c1-2-27-22(26)18-16(14-9-5-3-6-10-14)13-29-21(18)23-20(25)19-15-11-7-4-8-12-17(15)28-24-19/h3,5-6,9-10,13H,2,4,7-8,11-12H2,1H3,(H,23,25). The first kappa shape index (κ1) is 19.4. The van der Waals surface area contributed by atoms with E-state index in [0.29, 0.717) is 16.3 Å². The van der Waals surface area contributed by atoms with E-state index in [9.17, 15) is 9.59 Å². The number of nitrogens with zero attached hydrogens (tertiary/aromatic N) is 1. The van der Waals surface area contributed by atoms with Gasteiger partial charge in [-0.2, -0.15) is 0 Å². The number of carbonyl (C=O) groups excluding carboxylic acids is 2. The molecule has 1 aromatic carbocycles. The lowest BCUT2D eigenvalue weighted by Crippen LogP contribution is -2.16. The van der Waals surface area contributed by atoms with Gasteiger partial charge in [0.05, 0.1) is 6.61 Å². The van der Waals surface area contributed by atoms with E-state index in [1.54, 1.807) is 6.92 Å². The Kier molecular flexibility index (Phi) is 5.76. The van der Waals surface area contributed by atoms with Crippen molar-refractivity contribution < 1.29 is 18.8 Å². The molecule has 7 heteroatoms. The van der Waals surface area contributed by atoms with E-state index in [1.807, 2.05) is 35.7 Å². The van der Waals surface area contributed by atoms with E-state index in [4.69, 9.17) is 9.26 Å². The number of ether oxygens (including phenoxy) is 1. The van der Waals surface area contributed by atoms with E-state index >= 15 is 0 Å². The topological polar surface area (TPSA) is 81.4 Å². The van der Waals surface area contributed by atoms with E-state index in [1.165, 1.54) is 11.3 Å². The normalized spacial score (nSPS) is 13.4. The van der Waals surface area contributed by atoms with Crippen LogP contribution in [0.15, 0.2) is 40.2 Å². The van der Waals surface area contributed by atoms with E-state index in [-0.39, 0.29) is 12.5 Å². The van der Waals surface area contributed by atoms with Crippen LogP contribution >= 0.6 is 11.3 Å². The number of fused-ring (bicyclic) bond motifs is 1. The van der Waals surface area contributed by atoms with Crippen LogP contribution in [0.3, 0.4) is 0 Å². The number of amides is 1. The number of rotatable bonds is 5. The fraction of sp³-hybridized carbons (Fsp3) is 0.318. The van der Waals surface area contributed by atoms with Crippen molar-refractivity contribution in [2.45, 2.75) is 39.0 Å². The van der Waals surface area contributed by atoms with Gasteiger partial charge < -0.3 is 14.6 Å². The number of aromatic nitrogens is 1. The van der Waals surface area contributed by atoms with Gasteiger partial charge in [-0.15, -0.1) is 11.3 Å². The second-order valence-electron chi connectivity index (χ2n) is 6.89. The molecule has 4 rings (SSSR count). The van der Waals surface area contributed by atoms with Gasteiger partial charge in [0.15, 0.2) is 5.69 Å². The quantitative estimate of drug-likeness (QED) is 0.467. The van der Waals surface area contributed by atoms with Crippen molar-refractivity contribution in [2.24, 2.45) is 0 Å². The first-order valence-corrected chi connectivity index (χ1v) is 10.7. The highest BCUT2D eigenvalue weighted by Gasteiger charge is 2.27. The number of aryl methyl sites for hydroxylation is 1. The molecule has 0 unspecified atom stereocenters. The molecule has 1 aliphatic carbocycles. The van der Waals surface area contributed by atoms with Gasteiger partial charge in [0.25, 0.3) is 5.91 Å². The maximum Gasteiger partial charge on any atom is 0.341 e. The Bertz CT molecular complexity index is 1020. The lowest BCUT2D eigenvalue weighted by atomic mass is 10.0. The Morgan fingerprint density at radius 1 is 1.17 bits per heavy atom. The van der Waals surface area contributed by atoms with Gasteiger partial charge in [-0.05, 0) is 31.7 Å². The predicted octanol–water partition coefficient (Wildman–Crippen LogP) is 5.10. The molecule has 1 aliphatic rings. The first-order chi connectivity index (χ1) is 14.2. The monoisotopic (exact) mass is 410 g/mol. The number of carbonyl (C=O) groups is 2. The van der Waals surface area contributed by atoms with Crippen molar-refractivity contribution in [3.05, 3.63) is 58.3 Å². The van der Waals surface area contributed by atoms with Crippen molar-refractivity contribution in [3.63, 3.8) is 0 Å². The van der Waals surface area contributed by atoms with Gasteiger partial charge >= 0.3 is 5.97 Å². The lowest BCUT2D eigenvalue weighted by Gasteiger charge is -2.08. The van der Waals surface area contributed by atoms with Crippen LogP contribution in [0.1, 0.15) is 58.4 Å². The highest BCUT2D eigenvalue weighted by molar-refractivity contribution is 7.15. The van der Waals surface area contributed by atoms with Crippen molar-refractivity contribution in [3.8, 4) is 11.1 Å². The number of nitrogens with one attached hydrogen (secondary N) is 1. The summed E-state index contributed by atoms with van der Waals surface area (Å²) in [6.07, 6.45) is 4.76. The van der Waals surface area contributed by atoms with E-state index < -0.39 is 5.97 Å². The molecule has 0 saturated carbocycles. The minimum Gasteiger partial charge on any atom is -0.462 e. The molecule has 0 bridgehead atoms. The Balaban J connectivity index is 1.67. The van der Waals surface area contributed by atoms with Crippen LogP contribution in [-0.4, -0.2) is 23.6 Å². The summed E-state index contributed by atoms with van der Waals surface area (Å²) in [5.41, 5.74) is 3.20. The van der Waals surface area contributed by atoms with Gasteiger partial charge in [0.1, 0.15) is 16.3 Å². The highest BCUT2D eigenvalue weighted by Crippen LogP contribution is 2.36.